The molecule has 0 aromatic carbocycles. The average molecular weight is 208 g/mol. The van der Waals surface area contributed by atoms with Crippen molar-refractivity contribution < 1.29 is 0 Å². The first-order valence-corrected chi connectivity index (χ1v) is 5.32. The van der Waals surface area contributed by atoms with Crippen LogP contribution in [-0.4, -0.2) is 14.8 Å². The monoisotopic (exact) mass is 208 g/mol. The third kappa shape index (κ3) is 2.00. The average Bonchev–Trinajstić information content (AvgIpc) is 2.75. The fourth-order valence-corrected chi connectivity index (χ4v) is 1.93. The molecule has 2 rings (SSSR count). The van der Waals surface area contributed by atoms with Crippen molar-refractivity contribution in [1.82, 2.24) is 14.8 Å². The molecule has 0 aliphatic carbocycles. The Morgan fingerprint density at radius 3 is 3.07 bits per heavy atom. The van der Waals surface area contributed by atoms with Gasteiger partial charge >= 0.3 is 0 Å². The normalized spacial score (nSPS) is 13.0. The lowest BCUT2D eigenvalue weighted by Crippen LogP contribution is -2.14. The van der Waals surface area contributed by atoms with Gasteiger partial charge in [0.2, 0.25) is 0 Å². The third-order valence-corrected chi connectivity index (χ3v) is 2.63. The topological polar surface area (TPSA) is 56.7 Å². The molecular weight excluding hydrogens is 196 g/mol. The lowest BCUT2D eigenvalue weighted by molar-refractivity contribution is 0.663. The first kappa shape index (κ1) is 9.36. The van der Waals surface area contributed by atoms with Gasteiger partial charge in [-0.05, 0) is 6.07 Å². The van der Waals surface area contributed by atoms with Crippen molar-refractivity contribution in [3.05, 3.63) is 34.5 Å². The molecule has 0 saturated heterocycles. The molecule has 1 unspecified atom stereocenters. The fourth-order valence-electron chi connectivity index (χ4n) is 1.31. The standard InChI is InChI=1S/C9H12N4S/c1-13-3-2-7(12-13)4-8(10)9-5-14-6-11-9/h2-3,5-6,8H,4,10H2,1H3. The zero-order valence-electron chi connectivity index (χ0n) is 7.92. The Morgan fingerprint density at radius 1 is 1.64 bits per heavy atom. The number of hydrogen-bond acceptors (Lipinski definition) is 4. The van der Waals surface area contributed by atoms with Crippen LogP contribution in [0.3, 0.4) is 0 Å². The van der Waals surface area contributed by atoms with Crippen LogP contribution >= 0.6 is 11.3 Å². The predicted molar refractivity (Wildman–Crippen MR) is 56.0 cm³/mol. The number of nitrogens with zero attached hydrogens (tertiary/aromatic N) is 3. The van der Waals surface area contributed by atoms with Gasteiger partial charge in [-0.25, -0.2) is 4.98 Å². The minimum absolute atomic E-state index is 0.0452. The second-order valence-corrected chi connectivity index (χ2v) is 3.92. The van der Waals surface area contributed by atoms with Crippen LogP contribution in [0.1, 0.15) is 17.4 Å². The Balaban J connectivity index is 2.05. The highest BCUT2D eigenvalue weighted by atomic mass is 32.1. The fraction of sp³-hybridized carbons (Fsp3) is 0.333. The number of aryl methyl sites for hydroxylation is 1. The molecule has 5 heteroatoms. The van der Waals surface area contributed by atoms with Gasteiger partial charge in [-0.1, -0.05) is 0 Å². The summed E-state index contributed by atoms with van der Waals surface area (Å²) in [5.74, 6) is 0. The summed E-state index contributed by atoms with van der Waals surface area (Å²) in [6.45, 7) is 0. The van der Waals surface area contributed by atoms with E-state index in [0.29, 0.717) is 0 Å². The Kier molecular flexibility index (Phi) is 2.60. The lowest BCUT2D eigenvalue weighted by atomic mass is 10.1. The molecule has 0 aliphatic heterocycles. The molecule has 0 spiro atoms. The van der Waals surface area contributed by atoms with E-state index in [0.717, 1.165) is 17.8 Å². The molecule has 0 radical (unpaired) electrons. The molecule has 0 fully saturated rings. The number of aromatic nitrogens is 3. The number of hydrogen-bond donors (Lipinski definition) is 1. The van der Waals surface area contributed by atoms with Crippen molar-refractivity contribution in [1.29, 1.82) is 0 Å². The van der Waals surface area contributed by atoms with Gasteiger partial charge in [0.15, 0.2) is 0 Å². The molecule has 2 aromatic heterocycles. The third-order valence-electron chi connectivity index (χ3n) is 2.03. The Bertz CT molecular complexity index is 393. The van der Waals surface area contributed by atoms with Crippen LogP contribution in [0, 0.1) is 0 Å². The molecule has 74 valence electrons. The molecular formula is C9H12N4S. The summed E-state index contributed by atoms with van der Waals surface area (Å²) in [4.78, 5) is 4.18. The van der Waals surface area contributed by atoms with Crippen molar-refractivity contribution in [2.45, 2.75) is 12.5 Å². The van der Waals surface area contributed by atoms with E-state index >= 15 is 0 Å². The zero-order chi connectivity index (χ0) is 9.97. The van der Waals surface area contributed by atoms with Crippen LogP contribution in [0.4, 0.5) is 0 Å². The first-order chi connectivity index (χ1) is 6.75. The second kappa shape index (κ2) is 3.89. The van der Waals surface area contributed by atoms with E-state index in [2.05, 4.69) is 10.1 Å². The highest BCUT2D eigenvalue weighted by Gasteiger charge is 2.10. The minimum Gasteiger partial charge on any atom is -0.322 e. The summed E-state index contributed by atoms with van der Waals surface area (Å²) < 4.78 is 1.78. The molecule has 1 atom stereocenters. The molecule has 0 saturated carbocycles. The van der Waals surface area contributed by atoms with E-state index in [1.807, 2.05) is 24.7 Å². The highest BCUT2D eigenvalue weighted by molar-refractivity contribution is 7.07. The van der Waals surface area contributed by atoms with Crippen LogP contribution in [0.25, 0.3) is 0 Å². The maximum Gasteiger partial charge on any atom is 0.0795 e. The minimum atomic E-state index is -0.0452. The van der Waals surface area contributed by atoms with Crippen molar-refractivity contribution in [2.24, 2.45) is 12.8 Å². The number of rotatable bonds is 3. The molecule has 0 aliphatic rings. The van der Waals surface area contributed by atoms with Gasteiger partial charge in [0.25, 0.3) is 0 Å². The van der Waals surface area contributed by atoms with E-state index in [4.69, 9.17) is 5.73 Å². The Morgan fingerprint density at radius 2 is 2.50 bits per heavy atom. The van der Waals surface area contributed by atoms with Crippen LogP contribution in [0.2, 0.25) is 0 Å². The molecule has 0 amide bonds. The van der Waals surface area contributed by atoms with Gasteiger partial charge in [-0.2, -0.15) is 5.10 Å². The molecule has 2 heterocycles. The number of thiazole rings is 1. The summed E-state index contributed by atoms with van der Waals surface area (Å²) >= 11 is 1.57. The summed E-state index contributed by atoms with van der Waals surface area (Å²) in [6.07, 6.45) is 2.66. The largest absolute Gasteiger partial charge is 0.322 e. The molecule has 0 bridgehead atoms. The summed E-state index contributed by atoms with van der Waals surface area (Å²) in [5, 5.41) is 6.25. The van der Waals surface area contributed by atoms with Gasteiger partial charge in [0.05, 0.1) is 22.9 Å². The molecule has 2 aromatic rings. The smallest absolute Gasteiger partial charge is 0.0795 e. The van der Waals surface area contributed by atoms with Gasteiger partial charge < -0.3 is 5.73 Å². The molecule has 2 N–H and O–H groups in total. The second-order valence-electron chi connectivity index (χ2n) is 3.20. The van der Waals surface area contributed by atoms with Crippen LogP contribution < -0.4 is 5.73 Å². The summed E-state index contributed by atoms with van der Waals surface area (Å²) in [7, 11) is 1.90. The lowest BCUT2D eigenvalue weighted by Gasteiger charge is -2.05. The summed E-state index contributed by atoms with van der Waals surface area (Å²) in [5.41, 5.74) is 9.73. The maximum atomic E-state index is 5.98. The van der Waals surface area contributed by atoms with Crippen molar-refractivity contribution in [2.75, 3.05) is 0 Å². The van der Waals surface area contributed by atoms with E-state index in [1.165, 1.54) is 0 Å². The van der Waals surface area contributed by atoms with E-state index in [-0.39, 0.29) is 6.04 Å². The molecule has 4 nitrogen and oxygen atoms in total. The van der Waals surface area contributed by atoms with Crippen LogP contribution in [-0.2, 0) is 13.5 Å². The van der Waals surface area contributed by atoms with Crippen molar-refractivity contribution >= 4 is 11.3 Å². The number of nitrogens with two attached hydrogens (primary N) is 1. The summed E-state index contributed by atoms with van der Waals surface area (Å²) in [6, 6.07) is 1.93. The zero-order valence-corrected chi connectivity index (χ0v) is 8.74. The van der Waals surface area contributed by atoms with E-state index < -0.39 is 0 Å². The maximum absolute atomic E-state index is 5.98. The Hall–Kier alpha value is -1.20. The van der Waals surface area contributed by atoms with Gasteiger partial charge in [0, 0.05) is 25.0 Å². The van der Waals surface area contributed by atoms with Crippen molar-refractivity contribution in [3.8, 4) is 0 Å². The SMILES string of the molecule is Cn1ccc(CC(N)c2cscn2)n1. The van der Waals surface area contributed by atoms with E-state index in [1.54, 1.807) is 21.5 Å². The highest BCUT2D eigenvalue weighted by Crippen LogP contribution is 2.14. The van der Waals surface area contributed by atoms with Crippen LogP contribution in [0.15, 0.2) is 23.2 Å². The van der Waals surface area contributed by atoms with Gasteiger partial charge in [-0.3, -0.25) is 4.68 Å². The van der Waals surface area contributed by atoms with Crippen LogP contribution in [0.5, 0.6) is 0 Å². The molecule has 14 heavy (non-hydrogen) atoms. The van der Waals surface area contributed by atoms with Gasteiger partial charge in [0.1, 0.15) is 0 Å². The predicted octanol–water partition coefficient (Wildman–Crippen LogP) is 1.12. The van der Waals surface area contributed by atoms with E-state index in [9.17, 15) is 0 Å². The quantitative estimate of drug-likeness (QED) is 0.822. The van der Waals surface area contributed by atoms with Crippen molar-refractivity contribution in [3.63, 3.8) is 0 Å². The first-order valence-electron chi connectivity index (χ1n) is 4.38. The Labute approximate surface area is 86.4 Å². The van der Waals surface area contributed by atoms with Gasteiger partial charge in [-0.15, -0.1) is 11.3 Å².